The number of aliphatic hydroxyl groups is 1. The first-order chi connectivity index (χ1) is 8.19. The third-order valence-corrected chi connectivity index (χ3v) is 4.36. The van der Waals surface area contributed by atoms with Crippen LogP contribution in [0.4, 0.5) is 17.6 Å². The molecule has 104 valence electrons. The van der Waals surface area contributed by atoms with E-state index in [1.807, 2.05) is 0 Å². The lowest BCUT2D eigenvalue weighted by Gasteiger charge is -2.15. The summed E-state index contributed by atoms with van der Waals surface area (Å²) >= 11 is 0.911. The third kappa shape index (κ3) is 3.64. The minimum absolute atomic E-state index is 0.316. The molecule has 0 aliphatic carbocycles. The van der Waals surface area contributed by atoms with E-state index in [0.717, 1.165) is 22.8 Å². The van der Waals surface area contributed by atoms with Gasteiger partial charge in [0, 0.05) is 10.3 Å². The van der Waals surface area contributed by atoms with Crippen molar-refractivity contribution < 1.29 is 31.1 Å². The number of halogens is 4. The molecule has 0 saturated heterocycles. The lowest BCUT2D eigenvalue weighted by molar-refractivity contribution is -0.122. The van der Waals surface area contributed by atoms with E-state index >= 15 is 0 Å². The van der Waals surface area contributed by atoms with Crippen LogP contribution in [0.2, 0.25) is 0 Å². The van der Waals surface area contributed by atoms with Gasteiger partial charge in [0.25, 0.3) is 0 Å². The number of rotatable bonds is 6. The summed E-state index contributed by atoms with van der Waals surface area (Å²) in [5.41, 5.74) is 0. The SMILES string of the molecule is O=S(=O)(NCC(F)(F)C(F)F)c1csc(CO)c1. The first kappa shape index (κ1) is 15.3. The second-order valence-electron chi connectivity index (χ2n) is 3.29. The van der Waals surface area contributed by atoms with Crippen LogP contribution < -0.4 is 4.72 Å². The van der Waals surface area contributed by atoms with Crippen molar-refractivity contribution >= 4 is 21.4 Å². The molecule has 0 fully saturated rings. The Labute approximate surface area is 104 Å². The van der Waals surface area contributed by atoms with Crippen molar-refractivity contribution in [3.8, 4) is 0 Å². The molecule has 0 saturated carbocycles. The lowest BCUT2D eigenvalue weighted by Crippen LogP contribution is -2.41. The number of hydrogen-bond acceptors (Lipinski definition) is 4. The zero-order valence-electron chi connectivity index (χ0n) is 8.74. The van der Waals surface area contributed by atoms with Gasteiger partial charge in [-0.05, 0) is 6.07 Å². The largest absolute Gasteiger partial charge is 0.391 e. The van der Waals surface area contributed by atoms with Gasteiger partial charge < -0.3 is 5.11 Å². The van der Waals surface area contributed by atoms with E-state index in [4.69, 9.17) is 5.11 Å². The summed E-state index contributed by atoms with van der Waals surface area (Å²) in [6.07, 6.45) is -3.95. The molecule has 1 heterocycles. The molecule has 0 amide bonds. The summed E-state index contributed by atoms with van der Waals surface area (Å²) in [6, 6.07) is 1.08. The van der Waals surface area contributed by atoms with Crippen molar-refractivity contribution in [2.24, 2.45) is 0 Å². The monoisotopic (exact) mass is 307 g/mol. The van der Waals surface area contributed by atoms with Crippen LogP contribution in [0.25, 0.3) is 0 Å². The maximum Gasteiger partial charge on any atom is 0.320 e. The second-order valence-corrected chi connectivity index (χ2v) is 6.06. The Balaban J connectivity index is 2.77. The molecule has 0 bridgehead atoms. The van der Waals surface area contributed by atoms with Gasteiger partial charge in [-0.1, -0.05) is 0 Å². The Morgan fingerprint density at radius 2 is 2.06 bits per heavy atom. The van der Waals surface area contributed by atoms with Crippen LogP contribution in [0.1, 0.15) is 4.88 Å². The van der Waals surface area contributed by atoms with E-state index in [0.29, 0.717) is 4.88 Å². The highest BCUT2D eigenvalue weighted by Gasteiger charge is 2.41. The Morgan fingerprint density at radius 3 is 2.50 bits per heavy atom. The van der Waals surface area contributed by atoms with E-state index in [-0.39, 0.29) is 4.90 Å². The van der Waals surface area contributed by atoms with Crippen LogP contribution >= 0.6 is 11.3 Å². The normalized spacial score (nSPS) is 13.2. The third-order valence-electron chi connectivity index (χ3n) is 1.91. The fourth-order valence-corrected chi connectivity index (χ4v) is 3.11. The lowest BCUT2D eigenvalue weighted by atomic mass is 10.4. The summed E-state index contributed by atoms with van der Waals surface area (Å²) in [5, 5.41) is 9.84. The van der Waals surface area contributed by atoms with Crippen molar-refractivity contribution in [3.63, 3.8) is 0 Å². The van der Waals surface area contributed by atoms with Crippen molar-refractivity contribution in [3.05, 3.63) is 16.3 Å². The van der Waals surface area contributed by atoms with Crippen LogP contribution in [0.3, 0.4) is 0 Å². The molecule has 0 spiro atoms. The highest BCUT2D eigenvalue weighted by Crippen LogP contribution is 2.23. The van der Waals surface area contributed by atoms with E-state index in [1.165, 1.54) is 4.72 Å². The molecule has 18 heavy (non-hydrogen) atoms. The Morgan fingerprint density at radius 1 is 1.44 bits per heavy atom. The molecule has 0 aromatic carbocycles. The molecule has 1 rings (SSSR count). The van der Waals surface area contributed by atoms with Gasteiger partial charge in [-0.2, -0.15) is 8.78 Å². The molecule has 10 heteroatoms. The van der Waals surface area contributed by atoms with Gasteiger partial charge in [-0.25, -0.2) is 21.9 Å². The second kappa shape index (κ2) is 5.51. The predicted octanol–water partition coefficient (Wildman–Crippen LogP) is 1.42. The number of nitrogens with one attached hydrogen (secondary N) is 1. The van der Waals surface area contributed by atoms with Gasteiger partial charge >= 0.3 is 12.3 Å². The highest BCUT2D eigenvalue weighted by atomic mass is 32.2. The molecule has 0 atom stereocenters. The molecule has 1 aromatic rings. The Kier molecular flexibility index (Phi) is 4.70. The van der Waals surface area contributed by atoms with Gasteiger partial charge in [0.15, 0.2) is 0 Å². The van der Waals surface area contributed by atoms with E-state index in [1.54, 1.807) is 0 Å². The van der Waals surface area contributed by atoms with Gasteiger partial charge in [-0.3, -0.25) is 0 Å². The molecule has 1 aromatic heterocycles. The maximum absolute atomic E-state index is 12.5. The Bertz CT molecular complexity index is 500. The first-order valence-electron chi connectivity index (χ1n) is 4.53. The van der Waals surface area contributed by atoms with Crippen LogP contribution in [-0.2, 0) is 16.6 Å². The van der Waals surface area contributed by atoms with Crippen molar-refractivity contribution in [2.75, 3.05) is 6.54 Å². The van der Waals surface area contributed by atoms with Crippen LogP contribution in [0.15, 0.2) is 16.3 Å². The molecule has 0 radical (unpaired) electrons. The van der Waals surface area contributed by atoms with Crippen LogP contribution in [0.5, 0.6) is 0 Å². The van der Waals surface area contributed by atoms with Crippen molar-refractivity contribution in [1.82, 2.24) is 4.72 Å². The fraction of sp³-hybridized carbons (Fsp3) is 0.500. The number of alkyl halides is 4. The van der Waals surface area contributed by atoms with Gasteiger partial charge in [0.2, 0.25) is 10.0 Å². The molecular formula is C8H9F4NO3S2. The van der Waals surface area contributed by atoms with Gasteiger partial charge in [0.1, 0.15) is 0 Å². The quantitative estimate of drug-likeness (QED) is 0.781. The zero-order valence-corrected chi connectivity index (χ0v) is 10.4. The molecule has 2 N–H and O–H groups in total. The number of hydrogen-bond donors (Lipinski definition) is 2. The fourth-order valence-electron chi connectivity index (χ4n) is 0.936. The molecule has 4 nitrogen and oxygen atoms in total. The van der Waals surface area contributed by atoms with Crippen LogP contribution in [-0.4, -0.2) is 32.4 Å². The minimum atomic E-state index is -4.43. The molecule has 0 unspecified atom stereocenters. The van der Waals surface area contributed by atoms with Crippen LogP contribution in [0, 0.1) is 0 Å². The average molecular weight is 307 g/mol. The number of aliphatic hydroxyl groups excluding tert-OH is 1. The molecular weight excluding hydrogens is 298 g/mol. The summed E-state index contributed by atoms with van der Waals surface area (Å²) in [4.78, 5) is -0.0300. The topological polar surface area (TPSA) is 66.4 Å². The zero-order chi connectivity index (χ0) is 14.0. The summed E-state index contributed by atoms with van der Waals surface area (Å²) in [5.74, 6) is -4.43. The van der Waals surface area contributed by atoms with E-state index in [9.17, 15) is 26.0 Å². The number of sulfonamides is 1. The van der Waals surface area contributed by atoms with Gasteiger partial charge in [-0.15, -0.1) is 11.3 Å². The van der Waals surface area contributed by atoms with E-state index < -0.39 is 35.5 Å². The molecule has 0 aliphatic rings. The summed E-state index contributed by atoms with van der Waals surface area (Å²) < 4.78 is 73.1. The summed E-state index contributed by atoms with van der Waals surface area (Å²) in [7, 11) is -4.28. The standard InChI is InChI=1S/C8H9F4NO3S2/c9-7(10)8(11,12)4-13-18(15,16)6-1-5(2-14)17-3-6/h1,3,7,13-14H,2,4H2. The van der Waals surface area contributed by atoms with Crippen molar-refractivity contribution in [2.45, 2.75) is 23.9 Å². The Hall–Kier alpha value is -0.710. The first-order valence-corrected chi connectivity index (χ1v) is 6.89. The van der Waals surface area contributed by atoms with Gasteiger partial charge in [0.05, 0.1) is 18.0 Å². The predicted molar refractivity (Wildman–Crippen MR) is 56.4 cm³/mol. The number of thiophene rings is 1. The smallest absolute Gasteiger partial charge is 0.320 e. The van der Waals surface area contributed by atoms with E-state index in [2.05, 4.69) is 0 Å². The average Bonchev–Trinajstić information content (AvgIpc) is 2.75. The maximum atomic E-state index is 12.5. The molecule has 0 aliphatic heterocycles. The highest BCUT2D eigenvalue weighted by molar-refractivity contribution is 7.89. The van der Waals surface area contributed by atoms with Crippen molar-refractivity contribution in [1.29, 1.82) is 0 Å². The minimum Gasteiger partial charge on any atom is -0.391 e. The summed E-state index contributed by atoms with van der Waals surface area (Å²) in [6.45, 7) is -2.08.